The number of carboxylic acid groups (broad SMARTS) is 2. The quantitative estimate of drug-likeness (QED) is 0.478. The van der Waals surface area contributed by atoms with Crippen molar-refractivity contribution in [2.45, 2.75) is 43.6 Å². The van der Waals surface area contributed by atoms with Crippen molar-refractivity contribution in [3.05, 3.63) is 10.6 Å². The molecular formula is C15H19BN2O6S. The minimum atomic E-state index is -1.19. The number of hydrogen-bond acceptors (Lipinski definition) is 5. The number of carbonyl (C=O) groups is 3. The number of amides is 2. The number of hydrogen-bond donors (Lipinski definition) is 3. The van der Waals surface area contributed by atoms with E-state index in [0.29, 0.717) is 11.3 Å². The lowest BCUT2D eigenvalue weighted by molar-refractivity contribution is -0.163. The number of carboxylic acids is 1. The summed E-state index contributed by atoms with van der Waals surface area (Å²) in [5.74, 6) is -3.03. The molecule has 2 fully saturated rings. The van der Waals surface area contributed by atoms with Crippen LogP contribution in [0.4, 0.5) is 4.79 Å². The van der Waals surface area contributed by atoms with Gasteiger partial charge in [0, 0.05) is 22.6 Å². The average Bonchev–Trinajstić information content (AvgIpc) is 2.97. The van der Waals surface area contributed by atoms with Crippen LogP contribution in [-0.2, 0) is 9.59 Å². The van der Waals surface area contributed by atoms with Crippen LogP contribution in [0.5, 0.6) is 0 Å². The number of aliphatic hydroxyl groups is 1. The number of fused-ring (bicyclic) bond motifs is 1. The lowest BCUT2D eigenvalue weighted by atomic mass is 9.79. The molecule has 2 saturated heterocycles. The molecule has 8 nitrogen and oxygen atoms in total. The van der Waals surface area contributed by atoms with E-state index < -0.39 is 30.0 Å². The van der Waals surface area contributed by atoms with Crippen molar-refractivity contribution in [1.29, 1.82) is 0 Å². The van der Waals surface area contributed by atoms with Crippen molar-refractivity contribution >= 4 is 37.6 Å². The van der Waals surface area contributed by atoms with Gasteiger partial charge in [0.2, 0.25) is 5.91 Å². The molecule has 134 valence electrons. The average molecular weight is 366 g/mol. The second-order valence-corrected chi connectivity index (χ2v) is 8.09. The van der Waals surface area contributed by atoms with Crippen molar-refractivity contribution in [2.75, 3.05) is 6.54 Å². The van der Waals surface area contributed by atoms with Crippen LogP contribution in [0.1, 0.15) is 20.3 Å². The van der Waals surface area contributed by atoms with Gasteiger partial charge in [0.15, 0.2) is 0 Å². The van der Waals surface area contributed by atoms with Crippen LogP contribution in [0, 0.1) is 11.8 Å². The summed E-state index contributed by atoms with van der Waals surface area (Å²) in [6.45, 7) is 3.57. The molecule has 3 N–H and O–H groups in total. The molecule has 6 atom stereocenters. The molecule has 0 aromatic rings. The summed E-state index contributed by atoms with van der Waals surface area (Å²) in [4.78, 5) is 38.1. The molecule has 0 spiro atoms. The Kier molecular flexibility index (Phi) is 4.53. The molecular weight excluding hydrogens is 347 g/mol. The number of nitrogens with zero attached hydrogens (tertiary/aromatic N) is 2. The van der Waals surface area contributed by atoms with Crippen LogP contribution in [0.25, 0.3) is 0 Å². The maximum absolute atomic E-state index is 12.3. The summed E-state index contributed by atoms with van der Waals surface area (Å²) in [5, 5.41) is 28.4. The summed E-state index contributed by atoms with van der Waals surface area (Å²) < 4.78 is 0. The Morgan fingerprint density at radius 2 is 2.00 bits per heavy atom. The first-order chi connectivity index (χ1) is 11.6. The minimum absolute atomic E-state index is 0.0493. The molecule has 25 heavy (non-hydrogen) atoms. The summed E-state index contributed by atoms with van der Waals surface area (Å²) in [7, 11) is 5.83. The standard InChI is InChI=1S/C15H19BN2O6S/c1-5-10-9(6(2)19)13(20)18(10)11(14(21)22)12(5)25-7-3-8(16)17(4-7)15(23)24/h5-10,19H,3-4H2,1-2H3,(H,21,22)(H,23,24). The minimum Gasteiger partial charge on any atom is -0.477 e. The molecule has 0 saturated carbocycles. The third-order valence-electron chi connectivity index (χ3n) is 5.16. The molecule has 0 aromatic heterocycles. The first-order valence-corrected chi connectivity index (χ1v) is 8.93. The number of rotatable bonds is 4. The van der Waals surface area contributed by atoms with E-state index in [9.17, 15) is 24.6 Å². The fraction of sp³-hybridized carbons (Fsp3) is 0.667. The highest BCUT2D eigenvalue weighted by molar-refractivity contribution is 8.03. The predicted molar refractivity (Wildman–Crippen MR) is 89.9 cm³/mol. The maximum Gasteiger partial charge on any atom is 0.406 e. The van der Waals surface area contributed by atoms with Gasteiger partial charge in [-0.1, -0.05) is 6.92 Å². The summed E-state index contributed by atoms with van der Waals surface area (Å²) in [6.07, 6.45) is -1.54. The van der Waals surface area contributed by atoms with Gasteiger partial charge in [0.25, 0.3) is 0 Å². The highest BCUT2D eigenvalue weighted by Gasteiger charge is 2.60. The molecule has 3 heterocycles. The van der Waals surface area contributed by atoms with E-state index in [1.807, 2.05) is 6.92 Å². The first-order valence-electron chi connectivity index (χ1n) is 8.05. The molecule has 0 bridgehead atoms. The molecule has 2 amide bonds. The van der Waals surface area contributed by atoms with Crippen LogP contribution in [0.2, 0.25) is 0 Å². The van der Waals surface area contributed by atoms with Gasteiger partial charge in [-0.05, 0) is 19.3 Å². The molecule has 6 unspecified atom stereocenters. The van der Waals surface area contributed by atoms with Gasteiger partial charge in [-0.2, -0.15) is 0 Å². The molecule has 3 aliphatic rings. The van der Waals surface area contributed by atoms with Crippen molar-refractivity contribution in [2.24, 2.45) is 11.8 Å². The Hall–Kier alpha value is -1.68. The third-order valence-corrected chi connectivity index (χ3v) is 6.65. The molecule has 2 radical (unpaired) electrons. The monoisotopic (exact) mass is 366 g/mol. The number of aliphatic carboxylic acids is 1. The molecule has 3 rings (SSSR count). The highest BCUT2D eigenvalue weighted by Crippen LogP contribution is 2.52. The van der Waals surface area contributed by atoms with E-state index in [2.05, 4.69) is 0 Å². The van der Waals surface area contributed by atoms with Crippen molar-refractivity contribution in [1.82, 2.24) is 9.80 Å². The van der Waals surface area contributed by atoms with Crippen LogP contribution < -0.4 is 0 Å². The molecule has 10 heteroatoms. The van der Waals surface area contributed by atoms with E-state index >= 15 is 0 Å². The zero-order chi connectivity index (χ0) is 18.6. The fourth-order valence-corrected chi connectivity index (χ4v) is 5.53. The topological polar surface area (TPSA) is 118 Å². The van der Waals surface area contributed by atoms with Crippen LogP contribution in [0.3, 0.4) is 0 Å². The number of thioether (sulfide) groups is 1. The molecule has 0 aliphatic carbocycles. The number of aliphatic hydroxyl groups excluding tert-OH is 1. The smallest absolute Gasteiger partial charge is 0.406 e. The Bertz CT molecular complexity index is 668. The summed E-state index contributed by atoms with van der Waals surface area (Å²) in [6, 6.07) is -0.369. The SMILES string of the molecule is [B]C1CC(SC2=C(C(=O)O)N3C(=O)C(C(C)O)C3C2C)CN1C(=O)O. The van der Waals surface area contributed by atoms with Gasteiger partial charge < -0.3 is 25.1 Å². The van der Waals surface area contributed by atoms with Crippen molar-refractivity contribution in [3.63, 3.8) is 0 Å². The number of carbonyl (C=O) groups excluding carboxylic acids is 1. The molecule has 3 aliphatic heterocycles. The zero-order valence-electron chi connectivity index (χ0n) is 13.8. The van der Waals surface area contributed by atoms with Gasteiger partial charge in [-0.3, -0.25) is 4.79 Å². The normalized spacial score (nSPS) is 35.6. The second kappa shape index (κ2) is 6.24. The Balaban J connectivity index is 1.84. The predicted octanol–water partition coefficient (Wildman–Crippen LogP) is 0.120. The Morgan fingerprint density at radius 1 is 1.36 bits per heavy atom. The summed E-state index contributed by atoms with van der Waals surface area (Å²) in [5.41, 5.74) is -0.0493. The van der Waals surface area contributed by atoms with Crippen molar-refractivity contribution in [3.8, 4) is 0 Å². The first kappa shape index (κ1) is 18.1. The Labute approximate surface area is 150 Å². The van der Waals surface area contributed by atoms with Gasteiger partial charge in [-0.25, -0.2) is 9.59 Å². The molecule has 0 aromatic carbocycles. The fourth-order valence-electron chi connectivity index (χ4n) is 3.99. The lowest BCUT2D eigenvalue weighted by Crippen LogP contribution is -2.63. The van der Waals surface area contributed by atoms with Crippen LogP contribution in [-0.4, -0.2) is 80.8 Å². The van der Waals surface area contributed by atoms with Gasteiger partial charge in [0.05, 0.1) is 25.9 Å². The highest BCUT2D eigenvalue weighted by atomic mass is 32.2. The van der Waals surface area contributed by atoms with Gasteiger partial charge in [-0.15, -0.1) is 11.8 Å². The number of likely N-dealkylation sites (tertiary alicyclic amines) is 1. The van der Waals surface area contributed by atoms with Crippen LogP contribution in [0.15, 0.2) is 10.6 Å². The second-order valence-electron chi connectivity index (χ2n) is 6.75. The van der Waals surface area contributed by atoms with E-state index in [1.54, 1.807) is 0 Å². The van der Waals surface area contributed by atoms with Gasteiger partial charge in [0.1, 0.15) is 5.70 Å². The van der Waals surface area contributed by atoms with Crippen LogP contribution >= 0.6 is 11.8 Å². The maximum atomic E-state index is 12.3. The van der Waals surface area contributed by atoms with E-state index in [1.165, 1.54) is 23.6 Å². The number of β-lactam (4-membered cyclic amide) rings is 1. The zero-order valence-corrected chi connectivity index (χ0v) is 14.6. The van der Waals surface area contributed by atoms with E-state index in [0.717, 1.165) is 4.90 Å². The van der Waals surface area contributed by atoms with E-state index in [-0.39, 0.29) is 35.4 Å². The lowest BCUT2D eigenvalue weighted by Gasteiger charge is -2.46. The van der Waals surface area contributed by atoms with E-state index in [4.69, 9.17) is 13.0 Å². The Morgan fingerprint density at radius 3 is 2.48 bits per heavy atom. The summed E-state index contributed by atoms with van der Waals surface area (Å²) >= 11 is 1.29. The third kappa shape index (κ3) is 2.71. The van der Waals surface area contributed by atoms with Gasteiger partial charge >= 0.3 is 12.1 Å². The largest absolute Gasteiger partial charge is 0.477 e. The van der Waals surface area contributed by atoms with Crippen molar-refractivity contribution < 1.29 is 29.7 Å².